The first kappa shape index (κ1) is 8.74. The normalized spacial score (nSPS) is 21.3. The van der Waals surface area contributed by atoms with Gasteiger partial charge in [0.15, 0.2) is 0 Å². The van der Waals surface area contributed by atoms with E-state index in [2.05, 4.69) is 6.92 Å². The zero-order chi connectivity index (χ0) is 9.42. The Morgan fingerprint density at radius 3 is 2.92 bits per heavy atom. The SMILES string of the molecule is Cc1cc(F)cc2c1CCCC2C. The lowest BCUT2D eigenvalue weighted by molar-refractivity contribution is 0.570. The fourth-order valence-electron chi connectivity index (χ4n) is 2.32. The second-order valence-electron chi connectivity index (χ2n) is 4.08. The van der Waals surface area contributed by atoms with E-state index in [4.69, 9.17) is 0 Å². The Labute approximate surface area is 78.8 Å². The molecule has 0 fully saturated rings. The highest BCUT2D eigenvalue weighted by molar-refractivity contribution is 5.38. The third-order valence-electron chi connectivity index (χ3n) is 3.07. The molecule has 1 atom stereocenters. The van der Waals surface area contributed by atoms with Crippen molar-refractivity contribution in [3.05, 3.63) is 34.6 Å². The van der Waals surface area contributed by atoms with Crippen LogP contribution in [0.5, 0.6) is 0 Å². The molecule has 0 saturated heterocycles. The molecule has 0 heterocycles. The first-order valence-electron chi connectivity index (χ1n) is 4.97. The van der Waals surface area contributed by atoms with Crippen LogP contribution in [-0.4, -0.2) is 0 Å². The summed E-state index contributed by atoms with van der Waals surface area (Å²) in [4.78, 5) is 0. The maximum atomic E-state index is 13.1. The maximum absolute atomic E-state index is 13.1. The fraction of sp³-hybridized carbons (Fsp3) is 0.500. The first-order chi connectivity index (χ1) is 6.18. The second-order valence-corrected chi connectivity index (χ2v) is 4.08. The molecule has 13 heavy (non-hydrogen) atoms. The van der Waals surface area contributed by atoms with Crippen molar-refractivity contribution in [3.63, 3.8) is 0 Å². The molecule has 0 saturated carbocycles. The van der Waals surface area contributed by atoms with Gasteiger partial charge in [-0.2, -0.15) is 0 Å². The van der Waals surface area contributed by atoms with Crippen molar-refractivity contribution in [3.8, 4) is 0 Å². The molecule has 1 aliphatic carbocycles. The minimum atomic E-state index is -0.0787. The van der Waals surface area contributed by atoms with Crippen LogP contribution in [-0.2, 0) is 6.42 Å². The average molecular weight is 178 g/mol. The van der Waals surface area contributed by atoms with Crippen molar-refractivity contribution in [2.75, 3.05) is 0 Å². The Bertz CT molecular complexity index is 328. The molecule has 70 valence electrons. The molecule has 1 unspecified atom stereocenters. The minimum absolute atomic E-state index is 0.0787. The Kier molecular flexibility index (Phi) is 2.10. The Hall–Kier alpha value is -0.850. The monoisotopic (exact) mass is 178 g/mol. The highest BCUT2D eigenvalue weighted by Gasteiger charge is 2.18. The molecule has 2 rings (SSSR count). The van der Waals surface area contributed by atoms with Gasteiger partial charge in [0.05, 0.1) is 0 Å². The van der Waals surface area contributed by atoms with Gasteiger partial charge in [-0.25, -0.2) is 4.39 Å². The summed E-state index contributed by atoms with van der Waals surface area (Å²) in [5.74, 6) is 0.461. The van der Waals surface area contributed by atoms with Gasteiger partial charge in [0.2, 0.25) is 0 Å². The number of hydrogen-bond acceptors (Lipinski definition) is 0. The summed E-state index contributed by atoms with van der Waals surface area (Å²) in [6.45, 7) is 4.21. The second kappa shape index (κ2) is 3.13. The lowest BCUT2D eigenvalue weighted by Crippen LogP contribution is -2.09. The van der Waals surface area contributed by atoms with E-state index in [0.717, 1.165) is 12.0 Å². The van der Waals surface area contributed by atoms with Gasteiger partial charge in [0.1, 0.15) is 5.82 Å². The van der Waals surface area contributed by atoms with Crippen molar-refractivity contribution < 1.29 is 4.39 Å². The van der Waals surface area contributed by atoms with E-state index in [1.807, 2.05) is 6.92 Å². The zero-order valence-electron chi connectivity index (χ0n) is 8.23. The Morgan fingerprint density at radius 1 is 1.38 bits per heavy atom. The van der Waals surface area contributed by atoms with E-state index < -0.39 is 0 Å². The topological polar surface area (TPSA) is 0 Å². The molecule has 0 aliphatic heterocycles. The highest BCUT2D eigenvalue weighted by Crippen LogP contribution is 2.33. The van der Waals surface area contributed by atoms with E-state index in [9.17, 15) is 4.39 Å². The fourth-order valence-corrected chi connectivity index (χ4v) is 2.32. The van der Waals surface area contributed by atoms with Gasteiger partial charge in [-0.15, -0.1) is 0 Å². The molecule has 0 aromatic heterocycles. The summed E-state index contributed by atoms with van der Waals surface area (Å²) < 4.78 is 13.1. The van der Waals surface area contributed by atoms with Crippen LogP contribution in [0, 0.1) is 12.7 Å². The molecule has 1 aromatic rings. The summed E-state index contributed by atoms with van der Waals surface area (Å²) >= 11 is 0. The summed E-state index contributed by atoms with van der Waals surface area (Å²) in [5, 5.41) is 0. The van der Waals surface area contributed by atoms with Crippen molar-refractivity contribution in [2.45, 2.75) is 39.0 Å². The number of benzene rings is 1. The van der Waals surface area contributed by atoms with Gasteiger partial charge in [-0.3, -0.25) is 0 Å². The third kappa shape index (κ3) is 1.48. The van der Waals surface area contributed by atoms with Gasteiger partial charge in [0, 0.05) is 0 Å². The predicted molar refractivity (Wildman–Crippen MR) is 52.5 cm³/mol. The van der Waals surface area contributed by atoms with Crippen LogP contribution in [0.3, 0.4) is 0 Å². The van der Waals surface area contributed by atoms with E-state index in [0.29, 0.717) is 5.92 Å². The minimum Gasteiger partial charge on any atom is -0.207 e. The highest BCUT2D eigenvalue weighted by atomic mass is 19.1. The quantitative estimate of drug-likeness (QED) is 0.569. The first-order valence-corrected chi connectivity index (χ1v) is 4.97. The molecular weight excluding hydrogens is 163 g/mol. The smallest absolute Gasteiger partial charge is 0.123 e. The molecule has 0 radical (unpaired) electrons. The van der Waals surface area contributed by atoms with Gasteiger partial charge >= 0.3 is 0 Å². The van der Waals surface area contributed by atoms with Crippen LogP contribution < -0.4 is 0 Å². The lowest BCUT2D eigenvalue weighted by Gasteiger charge is -2.23. The molecular formula is C12H15F. The van der Waals surface area contributed by atoms with Crippen molar-refractivity contribution in [2.24, 2.45) is 0 Å². The Morgan fingerprint density at radius 2 is 2.15 bits per heavy atom. The third-order valence-corrected chi connectivity index (χ3v) is 3.07. The molecule has 0 bridgehead atoms. The molecule has 1 aromatic carbocycles. The molecule has 0 nitrogen and oxygen atoms in total. The molecule has 1 heteroatoms. The molecule has 0 N–H and O–H groups in total. The van der Waals surface area contributed by atoms with E-state index in [1.54, 1.807) is 12.1 Å². The number of aryl methyl sites for hydroxylation is 1. The number of hydrogen-bond donors (Lipinski definition) is 0. The molecule has 0 amide bonds. The van der Waals surface area contributed by atoms with Gasteiger partial charge in [-0.05, 0) is 60.9 Å². The van der Waals surface area contributed by atoms with Crippen LogP contribution in [0.1, 0.15) is 42.4 Å². The standard InChI is InChI=1S/C12H15F/c1-8-4-3-5-11-9(2)6-10(13)7-12(8)11/h6-8H,3-5H2,1-2H3. The summed E-state index contributed by atoms with van der Waals surface area (Å²) in [6, 6.07) is 3.36. The largest absolute Gasteiger partial charge is 0.207 e. The van der Waals surface area contributed by atoms with Crippen LogP contribution in [0.25, 0.3) is 0 Å². The molecule has 0 spiro atoms. The van der Waals surface area contributed by atoms with E-state index in [-0.39, 0.29) is 5.82 Å². The van der Waals surface area contributed by atoms with Gasteiger partial charge in [0.25, 0.3) is 0 Å². The van der Waals surface area contributed by atoms with E-state index >= 15 is 0 Å². The number of fused-ring (bicyclic) bond motifs is 1. The Balaban J connectivity index is 2.56. The lowest BCUT2D eigenvalue weighted by atomic mass is 9.82. The van der Waals surface area contributed by atoms with Gasteiger partial charge < -0.3 is 0 Å². The zero-order valence-corrected chi connectivity index (χ0v) is 8.23. The van der Waals surface area contributed by atoms with Gasteiger partial charge in [-0.1, -0.05) is 6.92 Å². The number of rotatable bonds is 0. The van der Waals surface area contributed by atoms with Crippen molar-refractivity contribution in [1.82, 2.24) is 0 Å². The summed E-state index contributed by atoms with van der Waals surface area (Å²) in [7, 11) is 0. The van der Waals surface area contributed by atoms with Crippen LogP contribution in [0.4, 0.5) is 4.39 Å². The summed E-state index contributed by atoms with van der Waals surface area (Å²) in [5.41, 5.74) is 3.76. The van der Waals surface area contributed by atoms with Crippen LogP contribution >= 0.6 is 0 Å². The number of halogens is 1. The molecule has 1 aliphatic rings. The van der Waals surface area contributed by atoms with Crippen molar-refractivity contribution in [1.29, 1.82) is 0 Å². The maximum Gasteiger partial charge on any atom is 0.123 e. The van der Waals surface area contributed by atoms with Crippen LogP contribution in [0.2, 0.25) is 0 Å². The predicted octanol–water partition coefficient (Wildman–Crippen LogP) is 3.57. The van der Waals surface area contributed by atoms with Crippen LogP contribution in [0.15, 0.2) is 12.1 Å². The average Bonchev–Trinajstić information content (AvgIpc) is 2.07. The summed E-state index contributed by atoms with van der Waals surface area (Å²) in [6.07, 6.45) is 3.59. The van der Waals surface area contributed by atoms with Crippen molar-refractivity contribution >= 4 is 0 Å². The van der Waals surface area contributed by atoms with E-state index in [1.165, 1.54) is 24.0 Å².